The molecule has 1 aliphatic heterocycles. The molecule has 126 valence electrons. The van der Waals surface area contributed by atoms with Crippen LogP contribution in [0.2, 0.25) is 0 Å². The molecule has 0 radical (unpaired) electrons. The van der Waals surface area contributed by atoms with Gasteiger partial charge >= 0.3 is 5.97 Å². The first-order chi connectivity index (χ1) is 11.6. The highest BCUT2D eigenvalue weighted by atomic mass is 16.6. The van der Waals surface area contributed by atoms with E-state index in [4.69, 9.17) is 4.74 Å². The number of amides is 2. The molecule has 3 rings (SSSR count). The van der Waals surface area contributed by atoms with Crippen molar-refractivity contribution < 1.29 is 23.7 Å². The van der Waals surface area contributed by atoms with Gasteiger partial charge in [-0.2, -0.15) is 0 Å². The summed E-state index contributed by atoms with van der Waals surface area (Å²) in [7, 11) is 0. The van der Waals surface area contributed by atoms with Crippen LogP contribution in [0, 0.1) is 0 Å². The third-order valence-corrected chi connectivity index (χ3v) is 3.66. The van der Waals surface area contributed by atoms with Crippen molar-refractivity contribution in [3.05, 3.63) is 23.8 Å². The minimum absolute atomic E-state index is 0.209. The van der Waals surface area contributed by atoms with E-state index in [0.29, 0.717) is 36.1 Å². The number of aromatic nitrogens is 2. The molecule has 2 heterocycles. The van der Waals surface area contributed by atoms with E-state index in [1.54, 1.807) is 25.1 Å². The molecule has 0 bridgehead atoms. The summed E-state index contributed by atoms with van der Waals surface area (Å²) in [6.07, 6.45) is 0.262. The van der Waals surface area contributed by atoms with E-state index in [0.717, 1.165) is 0 Å². The van der Waals surface area contributed by atoms with E-state index < -0.39 is 11.9 Å². The van der Waals surface area contributed by atoms with Crippen LogP contribution in [0.25, 0.3) is 11.0 Å². The molecule has 1 aromatic carbocycles. The molecule has 1 aliphatic rings. The van der Waals surface area contributed by atoms with Crippen LogP contribution in [0.15, 0.2) is 22.8 Å². The highest BCUT2D eigenvalue weighted by Crippen LogP contribution is 2.19. The maximum atomic E-state index is 12.7. The fourth-order valence-electron chi connectivity index (χ4n) is 2.57. The van der Waals surface area contributed by atoms with E-state index in [1.807, 2.05) is 0 Å². The highest BCUT2D eigenvalue weighted by Gasteiger charge is 2.32. The minimum Gasteiger partial charge on any atom is -0.466 e. The summed E-state index contributed by atoms with van der Waals surface area (Å²) in [6, 6.07) is 4.78. The average Bonchev–Trinajstić information content (AvgIpc) is 3.22. The molecule has 0 unspecified atom stereocenters. The quantitative estimate of drug-likeness (QED) is 0.601. The lowest BCUT2D eigenvalue weighted by Crippen LogP contribution is -2.45. The molecule has 0 atom stereocenters. The number of hydrogen-bond donors (Lipinski definition) is 0. The summed E-state index contributed by atoms with van der Waals surface area (Å²) >= 11 is 0. The molecule has 0 spiro atoms. The van der Waals surface area contributed by atoms with Crippen LogP contribution >= 0.6 is 0 Å². The van der Waals surface area contributed by atoms with Crippen molar-refractivity contribution in [2.75, 3.05) is 19.7 Å². The average molecular weight is 332 g/mol. The van der Waals surface area contributed by atoms with Crippen LogP contribution in [-0.2, 0) is 14.3 Å². The molecule has 2 aromatic rings. The number of benzene rings is 1. The SMILES string of the molecule is CCOC(=O)CC(=O)N1CCCN1C(=O)c1ccc2nonc2c1. The zero-order valence-electron chi connectivity index (χ0n) is 13.1. The third-order valence-electron chi connectivity index (χ3n) is 3.66. The summed E-state index contributed by atoms with van der Waals surface area (Å²) in [4.78, 5) is 36.4. The summed E-state index contributed by atoms with van der Waals surface area (Å²) in [5.74, 6) is -1.39. The predicted octanol–water partition coefficient (Wildman–Crippen LogP) is 0.765. The predicted molar refractivity (Wildman–Crippen MR) is 80.4 cm³/mol. The maximum absolute atomic E-state index is 12.7. The Morgan fingerprint density at radius 2 is 1.92 bits per heavy atom. The number of hydrogen-bond acceptors (Lipinski definition) is 7. The topological polar surface area (TPSA) is 106 Å². The lowest BCUT2D eigenvalue weighted by molar-refractivity contribution is -0.152. The van der Waals surface area contributed by atoms with Crippen molar-refractivity contribution in [3.8, 4) is 0 Å². The van der Waals surface area contributed by atoms with Crippen LogP contribution in [0.3, 0.4) is 0 Å². The number of fused-ring (bicyclic) bond motifs is 1. The molecule has 0 aliphatic carbocycles. The van der Waals surface area contributed by atoms with Gasteiger partial charge in [0.25, 0.3) is 11.8 Å². The first-order valence-electron chi connectivity index (χ1n) is 7.60. The second kappa shape index (κ2) is 6.65. The largest absolute Gasteiger partial charge is 0.466 e. The number of rotatable bonds is 4. The molecule has 9 nitrogen and oxygen atoms in total. The standard InChI is InChI=1S/C15H16N4O5/c1-2-23-14(21)9-13(20)18-6-3-7-19(18)15(22)10-4-5-11-12(8-10)17-24-16-11/h4-5,8H,2-3,6-7,9H2,1H3. The van der Waals surface area contributed by atoms with Gasteiger partial charge in [-0.25, -0.2) is 9.64 Å². The van der Waals surface area contributed by atoms with Gasteiger partial charge in [0.1, 0.15) is 17.5 Å². The Hall–Kier alpha value is -2.97. The number of hydrazine groups is 1. The number of esters is 1. The van der Waals surface area contributed by atoms with Gasteiger partial charge in [0.15, 0.2) is 0 Å². The number of carbonyl (C=O) groups is 3. The van der Waals surface area contributed by atoms with Crippen LogP contribution in [-0.4, -0.2) is 57.8 Å². The summed E-state index contributed by atoms with van der Waals surface area (Å²) in [5.41, 5.74) is 1.38. The molecule has 1 saturated heterocycles. The van der Waals surface area contributed by atoms with Crippen molar-refractivity contribution in [1.29, 1.82) is 0 Å². The Kier molecular flexibility index (Phi) is 4.41. The van der Waals surface area contributed by atoms with Gasteiger partial charge in [0.05, 0.1) is 6.61 Å². The van der Waals surface area contributed by atoms with E-state index in [9.17, 15) is 14.4 Å². The molecule has 0 saturated carbocycles. The lowest BCUT2D eigenvalue weighted by Gasteiger charge is -2.27. The number of nitrogens with zero attached hydrogens (tertiary/aromatic N) is 4. The Balaban J connectivity index is 1.75. The molecular weight excluding hydrogens is 316 g/mol. The Labute approximate surface area is 137 Å². The fraction of sp³-hybridized carbons (Fsp3) is 0.400. The Morgan fingerprint density at radius 1 is 1.17 bits per heavy atom. The van der Waals surface area contributed by atoms with Crippen molar-refractivity contribution >= 4 is 28.8 Å². The highest BCUT2D eigenvalue weighted by molar-refractivity contribution is 6.00. The summed E-state index contributed by atoms with van der Waals surface area (Å²) < 4.78 is 9.39. The first kappa shape index (κ1) is 15.9. The van der Waals surface area contributed by atoms with Gasteiger partial charge in [0, 0.05) is 18.7 Å². The Bertz CT molecular complexity index is 787. The van der Waals surface area contributed by atoms with Crippen LogP contribution in [0.1, 0.15) is 30.1 Å². The molecule has 0 N–H and O–H groups in total. The van der Waals surface area contributed by atoms with Crippen LogP contribution < -0.4 is 0 Å². The van der Waals surface area contributed by atoms with Crippen molar-refractivity contribution in [2.24, 2.45) is 0 Å². The second-order valence-electron chi connectivity index (χ2n) is 5.25. The normalized spacial score (nSPS) is 14.2. The molecular formula is C15H16N4O5. The van der Waals surface area contributed by atoms with Gasteiger partial charge in [-0.3, -0.25) is 19.4 Å². The smallest absolute Gasteiger partial charge is 0.315 e. The zero-order chi connectivity index (χ0) is 17.1. The maximum Gasteiger partial charge on any atom is 0.315 e. The fourth-order valence-corrected chi connectivity index (χ4v) is 2.57. The molecule has 1 aromatic heterocycles. The van der Waals surface area contributed by atoms with Crippen molar-refractivity contribution in [3.63, 3.8) is 0 Å². The van der Waals surface area contributed by atoms with Crippen LogP contribution in [0.5, 0.6) is 0 Å². The van der Waals surface area contributed by atoms with Crippen molar-refractivity contribution in [1.82, 2.24) is 20.3 Å². The van der Waals surface area contributed by atoms with Crippen LogP contribution in [0.4, 0.5) is 0 Å². The van der Waals surface area contributed by atoms with Gasteiger partial charge in [-0.1, -0.05) is 0 Å². The van der Waals surface area contributed by atoms with Gasteiger partial charge < -0.3 is 4.74 Å². The number of ether oxygens (including phenoxy) is 1. The van der Waals surface area contributed by atoms with E-state index in [1.165, 1.54) is 10.0 Å². The lowest BCUT2D eigenvalue weighted by atomic mass is 10.2. The summed E-state index contributed by atoms with van der Waals surface area (Å²) in [5, 5.41) is 10.0. The summed E-state index contributed by atoms with van der Waals surface area (Å²) in [6.45, 7) is 2.67. The molecule has 2 amide bonds. The monoisotopic (exact) mass is 332 g/mol. The third kappa shape index (κ3) is 3.05. The Morgan fingerprint density at radius 3 is 2.71 bits per heavy atom. The van der Waals surface area contributed by atoms with Gasteiger partial charge in [-0.05, 0) is 41.9 Å². The second-order valence-corrected chi connectivity index (χ2v) is 5.25. The van der Waals surface area contributed by atoms with E-state index in [2.05, 4.69) is 14.9 Å². The van der Waals surface area contributed by atoms with Gasteiger partial charge in [0.2, 0.25) is 0 Å². The number of carbonyl (C=O) groups excluding carboxylic acids is 3. The first-order valence-corrected chi connectivity index (χ1v) is 7.60. The van der Waals surface area contributed by atoms with Gasteiger partial charge in [-0.15, -0.1) is 0 Å². The zero-order valence-corrected chi connectivity index (χ0v) is 13.1. The van der Waals surface area contributed by atoms with E-state index >= 15 is 0 Å². The van der Waals surface area contributed by atoms with Crippen molar-refractivity contribution in [2.45, 2.75) is 19.8 Å². The minimum atomic E-state index is -0.600. The molecule has 24 heavy (non-hydrogen) atoms. The van der Waals surface area contributed by atoms with E-state index in [-0.39, 0.29) is 18.9 Å². The molecule has 1 fully saturated rings. The molecule has 9 heteroatoms.